The van der Waals surface area contributed by atoms with Crippen molar-refractivity contribution < 1.29 is 14.6 Å². The number of hydrogen-bond donors (Lipinski definition) is 3. The summed E-state index contributed by atoms with van der Waals surface area (Å²) in [5.41, 5.74) is 7.43. The van der Waals surface area contributed by atoms with Crippen LogP contribution in [0.4, 0.5) is 0 Å². The number of aliphatic hydroxyl groups excluding tert-OH is 1. The molecule has 1 aliphatic heterocycles. The maximum absolute atomic E-state index is 9.48. The van der Waals surface area contributed by atoms with Crippen LogP contribution >= 0.6 is 0 Å². The van der Waals surface area contributed by atoms with Crippen molar-refractivity contribution in [2.24, 2.45) is 5.73 Å². The van der Waals surface area contributed by atoms with Crippen molar-refractivity contribution in [1.82, 2.24) is 9.97 Å². The smallest absolute Gasteiger partial charge is 0.163 e. The summed E-state index contributed by atoms with van der Waals surface area (Å²) in [5.74, 6) is 1.95. The average Bonchev–Trinajstić information content (AvgIpc) is 2.77. The van der Waals surface area contributed by atoms with Crippen LogP contribution in [0.1, 0.15) is 18.8 Å². The Kier molecular flexibility index (Phi) is 2.61. The highest BCUT2D eigenvalue weighted by molar-refractivity contribution is 5.80. The van der Waals surface area contributed by atoms with Gasteiger partial charge in [0.15, 0.2) is 11.5 Å². The number of aromatic amines is 1. The van der Waals surface area contributed by atoms with E-state index in [0.29, 0.717) is 30.5 Å². The van der Waals surface area contributed by atoms with Gasteiger partial charge in [0.25, 0.3) is 0 Å². The van der Waals surface area contributed by atoms with E-state index in [1.165, 1.54) is 0 Å². The highest BCUT2D eigenvalue weighted by Gasteiger charge is 2.19. The molecule has 0 amide bonds. The first-order valence-electron chi connectivity index (χ1n) is 5.88. The largest absolute Gasteiger partial charge is 0.486 e. The van der Waals surface area contributed by atoms with Crippen LogP contribution in [-0.2, 0) is 0 Å². The van der Waals surface area contributed by atoms with Gasteiger partial charge in [0.2, 0.25) is 0 Å². The van der Waals surface area contributed by atoms with E-state index < -0.39 is 12.1 Å². The minimum Gasteiger partial charge on any atom is -0.486 e. The summed E-state index contributed by atoms with van der Waals surface area (Å²) in [6.45, 7) is 2.73. The van der Waals surface area contributed by atoms with E-state index in [9.17, 15) is 5.11 Å². The van der Waals surface area contributed by atoms with E-state index >= 15 is 0 Å². The summed E-state index contributed by atoms with van der Waals surface area (Å²) in [5, 5.41) is 9.48. The van der Waals surface area contributed by atoms with Crippen molar-refractivity contribution >= 4 is 11.0 Å². The van der Waals surface area contributed by atoms with Crippen LogP contribution in [0.5, 0.6) is 11.5 Å². The van der Waals surface area contributed by atoms with Gasteiger partial charge in [-0.05, 0) is 6.92 Å². The van der Waals surface area contributed by atoms with E-state index in [2.05, 4.69) is 9.97 Å². The Balaban J connectivity index is 2.06. The van der Waals surface area contributed by atoms with Crippen LogP contribution in [-0.4, -0.2) is 34.4 Å². The Bertz CT molecular complexity index is 536. The molecule has 6 nitrogen and oxygen atoms in total. The van der Waals surface area contributed by atoms with Crippen LogP contribution in [0.15, 0.2) is 12.1 Å². The third-order valence-electron chi connectivity index (χ3n) is 3.00. The number of hydrogen-bond acceptors (Lipinski definition) is 5. The molecule has 18 heavy (non-hydrogen) atoms. The Morgan fingerprint density at radius 1 is 1.33 bits per heavy atom. The number of fused-ring (bicyclic) bond motifs is 2. The van der Waals surface area contributed by atoms with Gasteiger partial charge in [-0.2, -0.15) is 0 Å². The molecule has 2 aromatic rings. The fourth-order valence-electron chi connectivity index (χ4n) is 1.95. The molecular formula is C12H15N3O3. The Hall–Kier alpha value is -1.79. The van der Waals surface area contributed by atoms with Crippen LogP contribution in [0.2, 0.25) is 0 Å². The summed E-state index contributed by atoms with van der Waals surface area (Å²) >= 11 is 0. The number of aliphatic hydroxyl groups is 1. The van der Waals surface area contributed by atoms with Crippen LogP contribution < -0.4 is 15.2 Å². The molecule has 6 heteroatoms. The number of benzene rings is 1. The van der Waals surface area contributed by atoms with E-state index in [-0.39, 0.29) is 0 Å². The standard InChI is InChI=1S/C12H15N3O3/c1-6(16)11(13)12-14-7-4-9-10(5-8(7)15-12)18-3-2-17-9/h4-6,11,16H,2-3,13H2,1H3,(H,14,15). The van der Waals surface area contributed by atoms with Crippen LogP contribution in [0.25, 0.3) is 11.0 Å². The Morgan fingerprint density at radius 3 is 2.67 bits per heavy atom. The van der Waals surface area contributed by atoms with E-state index in [0.717, 1.165) is 11.0 Å². The lowest BCUT2D eigenvalue weighted by Crippen LogP contribution is -2.24. The fraction of sp³-hybridized carbons (Fsp3) is 0.417. The second-order valence-corrected chi connectivity index (χ2v) is 4.40. The molecule has 2 heterocycles. The van der Waals surface area contributed by atoms with E-state index in [1.807, 2.05) is 12.1 Å². The van der Waals surface area contributed by atoms with Gasteiger partial charge < -0.3 is 25.3 Å². The molecule has 3 rings (SSSR count). The Labute approximate surface area is 104 Å². The molecule has 0 spiro atoms. The monoisotopic (exact) mass is 249 g/mol. The molecule has 0 fully saturated rings. The van der Waals surface area contributed by atoms with Gasteiger partial charge in [0, 0.05) is 12.1 Å². The number of imidazole rings is 1. The summed E-state index contributed by atoms with van der Waals surface area (Å²) < 4.78 is 11.0. The summed E-state index contributed by atoms with van der Waals surface area (Å²) in [6, 6.07) is 3.13. The van der Waals surface area contributed by atoms with Crippen molar-refractivity contribution in [3.05, 3.63) is 18.0 Å². The summed E-state index contributed by atoms with van der Waals surface area (Å²) in [4.78, 5) is 7.46. The predicted octanol–water partition coefficient (Wildman–Crippen LogP) is 0.715. The topological polar surface area (TPSA) is 93.4 Å². The first-order chi connectivity index (χ1) is 8.65. The SMILES string of the molecule is CC(O)C(N)c1nc2cc3c(cc2[nH]1)OCCO3. The quantitative estimate of drug-likeness (QED) is 0.729. The number of nitrogens with two attached hydrogens (primary N) is 1. The van der Waals surface area contributed by atoms with Crippen molar-refractivity contribution in [3.63, 3.8) is 0 Å². The minimum absolute atomic E-state index is 0.531. The molecule has 1 aromatic heterocycles. The number of ether oxygens (including phenoxy) is 2. The van der Waals surface area contributed by atoms with Crippen molar-refractivity contribution in [3.8, 4) is 11.5 Å². The zero-order valence-corrected chi connectivity index (χ0v) is 10.0. The number of H-pyrrole nitrogens is 1. The molecule has 0 aliphatic carbocycles. The fourth-order valence-corrected chi connectivity index (χ4v) is 1.95. The van der Waals surface area contributed by atoms with E-state index in [1.54, 1.807) is 6.92 Å². The Morgan fingerprint density at radius 2 is 2.00 bits per heavy atom. The molecule has 0 saturated heterocycles. The number of nitrogens with zero attached hydrogens (tertiary/aromatic N) is 1. The minimum atomic E-state index is -0.660. The van der Waals surface area contributed by atoms with Crippen LogP contribution in [0, 0.1) is 0 Å². The van der Waals surface area contributed by atoms with Gasteiger partial charge >= 0.3 is 0 Å². The molecular weight excluding hydrogens is 234 g/mol. The molecule has 1 aromatic carbocycles. The average molecular weight is 249 g/mol. The zero-order chi connectivity index (χ0) is 12.7. The first-order valence-corrected chi connectivity index (χ1v) is 5.88. The third kappa shape index (κ3) is 1.79. The molecule has 4 N–H and O–H groups in total. The van der Waals surface area contributed by atoms with E-state index in [4.69, 9.17) is 15.2 Å². The second-order valence-electron chi connectivity index (χ2n) is 4.40. The molecule has 2 unspecified atom stereocenters. The van der Waals surface area contributed by atoms with Gasteiger partial charge in [-0.25, -0.2) is 4.98 Å². The van der Waals surface area contributed by atoms with Crippen LogP contribution in [0.3, 0.4) is 0 Å². The summed E-state index contributed by atoms with van der Waals surface area (Å²) in [7, 11) is 0. The highest BCUT2D eigenvalue weighted by Crippen LogP contribution is 2.34. The molecule has 0 saturated carbocycles. The number of aromatic nitrogens is 2. The lowest BCUT2D eigenvalue weighted by Gasteiger charge is -2.17. The van der Waals surface area contributed by atoms with Crippen molar-refractivity contribution in [2.75, 3.05) is 13.2 Å². The molecule has 0 bridgehead atoms. The van der Waals surface area contributed by atoms with Crippen molar-refractivity contribution in [2.45, 2.75) is 19.1 Å². The second kappa shape index (κ2) is 4.15. The van der Waals surface area contributed by atoms with Gasteiger partial charge in [-0.1, -0.05) is 0 Å². The molecule has 96 valence electrons. The van der Waals surface area contributed by atoms with Crippen molar-refractivity contribution in [1.29, 1.82) is 0 Å². The van der Waals surface area contributed by atoms with Gasteiger partial charge in [-0.15, -0.1) is 0 Å². The lowest BCUT2D eigenvalue weighted by atomic mass is 10.2. The third-order valence-corrected chi connectivity index (χ3v) is 3.00. The zero-order valence-electron chi connectivity index (χ0n) is 10.0. The highest BCUT2D eigenvalue weighted by atomic mass is 16.6. The van der Waals surface area contributed by atoms with Gasteiger partial charge in [0.05, 0.1) is 23.2 Å². The summed E-state index contributed by atoms with van der Waals surface area (Å²) in [6.07, 6.45) is -0.660. The predicted molar refractivity (Wildman–Crippen MR) is 65.7 cm³/mol. The maximum Gasteiger partial charge on any atom is 0.163 e. The number of nitrogens with one attached hydrogen (secondary N) is 1. The lowest BCUT2D eigenvalue weighted by molar-refractivity contribution is 0.161. The molecule has 0 radical (unpaired) electrons. The number of rotatable bonds is 2. The maximum atomic E-state index is 9.48. The van der Waals surface area contributed by atoms with Gasteiger partial charge in [0.1, 0.15) is 19.0 Å². The normalized spacial score (nSPS) is 17.7. The molecule has 1 aliphatic rings. The van der Waals surface area contributed by atoms with Gasteiger partial charge in [-0.3, -0.25) is 0 Å². The molecule has 2 atom stereocenters. The first kappa shape index (κ1) is 11.3.